The van der Waals surface area contributed by atoms with E-state index in [0.29, 0.717) is 18.0 Å². The summed E-state index contributed by atoms with van der Waals surface area (Å²) in [6.07, 6.45) is 19.2. The number of fused-ring (bicyclic) bond motifs is 1. The summed E-state index contributed by atoms with van der Waals surface area (Å²) in [4.78, 5) is 4.17. The van der Waals surface area contributed by atoms with E-state index in [1.807, 2.05) is 18.7 Å². The van der Waals surface area contributed by atoms with Crippen molar-refractivity contribution in [3.63, 3.8) is 0 Å². The van der Waals surface area contributed by atoms with Gasteiger partial charge in [0.15, 0.2) is 0 Å². The van der Waals surface area contributed by atoms with E-state index < -0.39 is 0 Å². The number of allylic oxidation sites excluding steroid dienone is 4. The van der Waals surface area contributed by atoms with E-state index >= 15 is 0 Å². The average molecular weight is 398 g/mol. The van der Waals surface area contributed by atoms with Crippen molar-refractivity contribution >= 4 is 16.5 Å². The molecule has 154 valence electrons. The molecule has 3 nitrogen and oxygen atoms in total. The summed E-state index contributed by atoms with van der Waals surface area (Å²) in [7, 11) is 0. The number of rotatable bonds is 5. The smallest absolute Gasteiger partial charge is 0.0991 e. The van der Waals surface area contributed by atoms with E-state index in [1.54, 1.807) is 0 Å². The lowest BCUT2D eigenvalue weighted by atomic mass is 9.75. The van der Waals surface area contributed by atoms with E-state index in [4.69, 9.17) is 0 Å². The van der Waals surface area contributed by atoms with Crippen LogP contribution in [-0.4, -0.2) is 15.6 Å². The van der Waals surface area contributed by atoms with Crippen LogP contribution < -0.4 is 5.32 Å². The summed E-state index contributed by atoms with van der Waals surface area (Å²) in [5, 5.41) is 6.68. The molecule has 1 fully saturated rings. The molecular weight excluding hydrogens is 366 g/mol. The third-order valence-electron chi connectivity index (χ3n) is 7.01. The predicted molar refractivity (Wildman–Crippen MR) is 125 cm³/mol. The number of hydrogen-bond donors (Lipinski definition) is 1. The van der Waals surface area contributed by atoms with Gasteiger partial charge >= 0.3 is 0 Å². The maximum Gasteiger partial charge on any atom is 0.0991 e. The molecular formula is C27H31N3. The summed E-state index contributed by atoms with van der Waals surface area (Å²) >= 11 is 0. The molecule has 0 saturated heterocycles. The Bertz CT molecular complexity index is 1040. The zero-order chi connectivity index (χ0) is 20.3. The maximum atomic E-state index is 4.17. The van der Waals surface area contributed by atoms with Crippen molar-refractivity contribution in [1.29, 1.82) is 0 Å². The largest absolute Gasteiger partial charge is 0.307 e. The molecule has 3 heteroatoms. The topological polar surface area (TPSA) is 29.9 Å². The highest BCUT2D eigenvalue weighted by molar-refractivity contribution is 5.86. The van der Waals surface area contributed by atoms with Crippen LogP contribution in [0.15, 0.2) is 79.4 Å². The van der Waals surface area contributed by atoms with Crippen molar-refractivity contribution in [2.45, 2.75) is 51.1 Å². The Morgan fingerprint density at radius 1 is 1.10 bits per heavy atom. The van der Waals surface area contributed by atoms with Gasteiger partial charge in [0.1, 0.15) is 0 Å². The second-order valence-corrected chi connectivity index (χ2v) is 8.94. The summed E-state index contributed by atoms with van der Waals surface area (Å²) in [6.45, 7) is 2.33. The number of nitrogens with zero attached hydrogens (tertiary/aromatic N) is 2. The van der Waals surface area contributed by atoms with E-state index in [2.05, 4.69) is 82.5 Å². The first-order valence-corrected chi connectivity index (χ1v) is 11.4. The predicted octanol–water partition coefficient (Wildman–Crippen LogP) is 6.36. The van der Waals surface area contributed by atoms with Crippen LogP contribution in [0.5, 0.6) is 0 Å². The van der Waals surface area contributed by atoms with Crippen molar-refractivity contribution in [3.8, 4) is 0 Å². The van der Waals surface area contributed by atoms with E-state index in [9.17, 15) is 0 Å². The van der Waals surface area contributed by atoms with Crippen LogP contribution in [-0.2, 0) is 0 Å². The SMILES string of the molecule is C[C@@H](N[C@H]1CCC[C@H](C2C=CC(n3ccnc3)=CC2)C1)c1cccc2ccccc12. The van der Waals surface area contributed by atoms with E-state index in [-0.39, 0.29) is 0 Å². The van der Waals surface area contributed by atoms with Crippen molar-refractivity contribution in [1.82, 2.24) is 14.9 Å². The average Bonchev–Trinajstić information content (AvgIpc) is 3.34. The quantitative estimate of drug-likeness (QED) is 0.543. The van der Waals surface area contributed by atoms with Gasteiger partial charge in [0.2, 0.25) is 0 Å². The number of aromatic nitrogens is 2. The van der Waals surface area contributed by atoms with Gasteiger partial charge in [0.05, 0.1) is 6.33 Å². The molecule has 5 rings (SSSR count). The molecule has 1 unspecified atom stereocenters. The van der Waals surface area contributed by atoms with Crippen molar-refractivity contribution in [2.75, 3.05) is 0 Å². The molecule has 2 aromatic carbocycles. The van der Waals surface area contributed by atoms with Crippen LogP contribution in [0.2, 0.25) is 0 Å². The highest BCUT2D eigenvalue weighted by Gasteiger charge is 2.28. The third-order valence-corrected chi connectivity index (χ3v) is 7.01. The molecule has 3 aromatic rings. The minimum Gasteiger partial charge on any atom is -0.307 e. The Kier molecular flexibility index (Phi) is 5.54. The van der Waals surface area contributed by atoms with Gasteiger partial charge in [-0.1, -0.05) is 61.0 Å². The third kappa shape index (κ3) is 3.99. The zero-order valence-corrected chi connectivity index (χ0v) is 17.7. The minimum atomic E-state index is 0.370. The summed E-state index contributed by atoms with van der Waals surface area (Å²) in [5.41, 5.74) is 2.67. The molecule has 0 bridgehead atoms. The van der Waals surface area contributed by atoms with Crippen molar-refractivity contribution < 1.29 is 0 Å². The number of hydrogen-bond acceptors (Lipinski definition) is 2. The Hall–Kier alpha value is -2.65. The highest BCUT2D eigenvalue weighted by atomic mass is 15.0. The first kappa shape index (κ1) is 19.3. The zero-order valence-electron chi connectivity index (χ0n) is 17.7. The lowest BCUT2D eigenvalue weighted by Gasteiger charge is -2.36. The van der Waals surface area contributed by atoms with Gasteiger partial charge < -0.3 is 9.88 Å². The maximum absolute atomic E-state index is 4.17. The lowest BCUT2D eigenvalue weighted by Crippen LogP contribution is -2.37. The fourth-order valence-corrected chi connectivity index (χ4v) is 5.42. The van der Waals surface area contributed by atoms with Gasteiger partial charge in [0, 0.05) is 30.2 Å². The van der Waals surface area contributed by atoms with Crippen LogP contribution in [0.3, 0.4) is 0 Å². The molecule has 2 aliphatic carbocycles. The Morgan fingerprint density at radius 3 is 2.83 bits per heavy atom. The van der Waals surface area contributed by atoms with E-state index in [0.717, 1.165) is 12.3 Å². The molecule has 1 saturated carbocycles. The molecule has 0 radical (unpaired) electrons. The molecule has 1 aromatic heterocycles. The van der Waals surface area contributed by atoms with Crippen LogP contribution in [0.4, 0.5) is 0 Å². The van der Waals surface area contributed by atoms with E-state index in [1.165, 1.54) is 47.7 Å². The van der Waals surface area contributed by atoms with Crippen LogP contribution in [0.1, 0.15) is 50.6 Å². The number of benzene rings is 2. The van der Waals surface area contributed by atoms with Gasteiger partial charge in [-0.05, 0) is 66.9 Å². The Labute approximate surface area is 179 Å². The molecule has 4 atom stereocenters. The first-order chi connectivity index (χ1) is 14.8. The normalized spacial score (nSPS) is 25.2. The summed E-state index contributed by atoms with van der Waals surface area (Å²) < 4.78 is 2.10. The second kappa shape index (κ2) is 8.61. The number of nitrogens with one attached hydrogen (secondary N) is 1. The number of imidazole rings is 1. The van der Waals surface area contributed by atoms with Gasteiger partial charge in [-0.2, -0.15) is 0 Å². The van der Waals surface area contributed by atoms with Gasteiger partial charge in [-0.25, -0.2) is 4.98 Å². The minimum absolute atomic E-state index is 0.370. The molecule has 0 spiro atoms. The van der Waals surface area contributed by atoms with Gasteiger partial charge in [0.25, 0.3) is 0 Å². The summed E-state index contributed by atoms with van der Waals surface area (Å²) in [6, 6.07) is 16.4. The van der Waals surface area contributed by atoms with Crippen LogP contribution in [0, 0.1) is 11.8 Å². The van der Waals surface area contributed by atoms with Crippen LogP contribution in [0.25, 0.3) is 16.5 Å². The Morgan fingerprint density at radius 2 is 2.00 bits per heavy atom. The standard InChI is InChI=1S/C27H31N3/c1-20(26-11-5-7-22-6-2-3-10-27(22)26)29-24-9-4-8-23(18-24)21-12-14-25(15-13-21)30-17-16-28-19-30/h2-3,5-7,10-12,14-17,19-21,23-24,29H,4,8-9,13,18H2,1H3/t20-,21?,23+,24+/m1/s1. The Balaban J connectivity index is 1.23. The molecule has 2 aliphatic rings. The fourth-order valence-electron chi connectivity index (χ4n) is 5.42. The van der Waals surface area contributed by atoms with Gasteiger partial charge in [-0.15, -0.1) is 0 Å². The fraction of sp³-hybridized carbons (Fsp3) is 0.370. The van der Waals surface area contributed by atoms with Crippen molar-refractivity contribution in [2.24, 2.45) is 11.8 Å². The molecule has 1 N–H and O–H groups in total. The van der Waals surface area contributed by atoms with Crippen molar-refractivity contribution in [3.05, 3.63) is 85.0 Å². The first-order valence-electron chi connectivity index (χ1n) is 11.4. The molecule has 30 heavy (non-hydrogen) atoms. The molecule has 1 heterocycles. The highest BCUT2D eigenvalue weighted by Crippen LogP contribution is 2.36. The summed E-state index contributed by atoms with van der Waals surface area (Å²) in [5.74, 6) is 1.43. The van der Waals surface area contributed by atoms with Gasteiger partial charge in [-0.3, -0.25) is 0 Å². The molecule has 0 amide bonds. The van der Waals surface area contributed by atoms with Crippen LogP contribution >= 0.6 is 0 Å². The molecule has 0 aliphatic heterocycles. The second-order valence-electron chi connectivity index (χ2n) is 8.94. The lowest BCUT2D eigenvalue weighted by molar-refractivity contribution is 0.228. The monoisotopic (exact) mass is 397 g/mol.